The molecule has 104 valence electrons. The molecule has 4 nitrogen and oxygen atoms in total. The lowest BCUT2D eigenvalue weighted by molar-refractivity contribution is 0.525. The first-order valence-corrected chi connectivity index (χ1v) is 7.52. The maximum absolute atomic E-state index is 12.3. The lowest BCUT2D eigenvalue weighted by atomic mass is 10.1. The van der Waals surface area contributed by atoms with Crippen LogP contribution in [0.3, 0.4) is 0 Å². The van der Waals surface area contributed by atoms with Crippen LogP contribution in [0.15, 0.2) is 11.0 Å². The minimum absolute atomic E-state index is 0.0811. The van der Waals surface area contributed by atoms with Crippen molar-refractivity contribution in [1.29, 1.82) is 0 Å². The molecule has 1 aromatic heterocycles. The van der Waals surface area contributed by atoms with E-state index in [1.54, 1.807) is 10.9 Å². The molecule has 2 saturated carbocycles. The minimum Gasteiger partial charge on any atom is -0.379 e. The van der Waals surface area contributed by atoms with Crippen LogP contribution in [0, 0.1) is 17.8 Å². The molecule has 1 unspecified atom stereocenters. The molecule has 2 aliphatic carbocycles. The van der Waals surface area contributed by atoms with E-state index >= 15 is 0 Å². The Bertz CT molecular complexity index is 520. The number of nitrogens with zero attached hydrogens (tertiary/aromatic N) is 2. The van der Waals surface area contributed by atoms with Gasteiger partial charge >= 0.3 is 0 Å². The zero-order valence-electron chi connectivity index (χ0n) is 11.2. The number of halogens is 1. The highest BCUT2D eigenvalue weighted by molar-refractivity contribution is 6.32. The van der Waals surface area contributed by atoms with Gasteiger partial charge in [0.25, 0.3) is 5.56 Å². The summed E-state index contributed by atoms with van der Waals surface area (Å²) in [6, 6.07) is 0. The van der Waals surface area contributed by atoms with Crippen LogP contribution >= 0.6 is 11.6 Å². The Morgan fingerprint density at radius 1 is 1.47 bits per heavy atom. The molecular formula is C14H20ClN3O. The summed E-state index contributed by atoms with van der Waals surface area (Å²) in [5, 5.41) is 7.79. The van der Waals surface area contributed by atoms with E-state index in [0.29, 0.717) is 22.5 Å². The Kier molecular flexibility index (Phi) is 3.52. The molecule has 0 saturated heterocycles. The lowest BCUT2D eigenvalue weighted by Gasteiger charge is -2.14. The molecule has 2 aliphatic rings. The highest BCUT2D eigenvalue weighted by Gasteiger charge is 2.28. The average Bonchev–Trinajstić information content (AvgIpc) is 3.26. The Morgan fingerprint density at radius 2 is 2.21 bits per heavy atom. The average molecular weight is 282 g/mol. The largest absolute Gasteiger partial charge is 0.379 e. The summed E-state index contributed by atoms with van der Waals surface area (Å²) in [5.74, 6) is 2.05. The number of rotatable bonds is 6. The van der Waals surface area contributed by atoms with Gasteiger partial charge in [0.15, 0.2) is 0 Å². The van der Waals surface area contributed by atoms with Gasteiger partial charge in [0, 0.05) is 13.1 Å². The van der Waals surface area contributed by atoms with E-state index in [-0.39, 0.29) is 5.56 Å². The molecule has 19 heavy (non-hydrogen) atoms. The summed E-state index contributed by atoms with van der Waals surface area (Å²) < 4.78 is 1.55. The zero-order valence-corrected chi connectivity index (χ0v) is 12.0. The van der Waals surface area contributed by atoms with E-state index in [1.807, 2.05) is 0 Å². The van der Waals surface area contributed by atoms with Gasteiger partial charge in [-0.25, -0.2) is 4.68 Å². The van der Waals surface area contributed by atoms with E-state index < -0.39 is 0 Å². The van der Waals surface area contributed by atoms with Crippen molar-refractivity contribution >= 4 is 17.3 Å². The van der Waals surface area contributed by atoms with E-state index in [9.17, 15) is 4.79 Å². The smallest absolute Gasteiger partial charge is 0.291 e. The van der Waals surface area contributed by atoms with E-state index in [4.69, 9.17) is 11.6 Å². The van der Waals surface area contributed by atoms with Crippen molar-refractivity contribution in [3.63, 3.8) is 0 Å². The maximum atomic E-state index is 12.3. The van der Waals surface area contributed by atoms with Gasteiger partial charge in [-0.05, 0) is 43.4 Å². The highest BCUT2D eigenvalue weighted by atomic mass is 35.5. The normalized spacial score (nSPS) is 20.3. The molecule has 0 amide bonds. The first-order valence-electron chi connectivity index (χ1n) is 7.14. The number of hydrogen-bond acceptors (Lipinski definition) is 3. The summed E-state index contributed by atoms with van der Waals surface area (Å²) in [5.41, 5.74) is 0.437. The van der Waals surface area contributed by atoms with Crippen LogP contribution < -0.4 is 10.9 Å². The molecule has 1 heterocycles. The van der Waals surface area contributed by atoms with Gasteiger partial charge in [0.05, 0.1) is 11.2 Å². The third-order valence-corrected chi connectivity index (χ3v) is 4.44. The molecule has 3 rings (SSSR count). The molecular weight excluding hydrogens is 262 g/mol. The van der Waals surface area contributed by atoms with Crippen molar-refractivity contribution < 1.29 is 0 Å². The number of hydrogen-bond donors (Lipinski definition) is 1. The van der Waals surface area contributed by atoms with Crippen LogP contribution in [0.25, 0.3) is 0 Å². The van der Waals surface area contributed by atoms with Gasteiger partial charge in [-0.2, -0.15) is 5.10 Å². The quantitative estimate of drug-likeness (QED) is 0.872. The van der Waals surface area contributed by atoms with Gasteiger partial charge < -0.3 is 5.32 Å². The van der Waals surface area contributed by atoms with Crippen molar-refractivity contribution in [2.24, 2.45) is 17.8 Å². The van der Waals surface area contributed by atoms with E-state index in [1.165, 1.54) is 25.7 Å². The Morgan fingerprint density at radius 3 is 2.84 bits per heavy atom. The second-order valence-corrected chi connectivity index (χ2v) is 6.40. The van der Waals surface area contributed by atoms with E-state index in [2.05, 4.69) is 17.3 Å². The van der Waals surface area contributed by atoms with Crippen LogP contribution in [-0.2, 0) is 6.54 Å². The summed E-state index contributed by atoms with van der Waals surface area (Å²) in [6.45, 7) is 3.76. The van der Waals surface area contributed by atoms with Crippen molar-refractivity contribution in [1.82, 2.24) is 9.78 Å². The molecule has 1 aromatic rings. The standard InChI is InChI=1S/C14H20ClN3O/c1-9(11-4-5-11)6-16-13-12(15)7-17-18(14(13)19)8-10-2-3-10/h7,9-11,16H,2-6,8H2,1H3. The Labute approximate surface area is 118 Å². The van der Waals surface area contributed by atoms with Gasteiger partial charge in [0.1, 0.15) is 5.69 Å². The topological polar surface area (TPSA) is 46.9 Å². The molecule has 0 aromatic carbocycles. The van der Waals surface area contributed by atoms with Crippen molar-refractivity contribution in [3.8, 4) is 0 Å². The molecule has 0 radical (unpaired) electrons. The Hall–Kier alpha value is -1.03. The van der Waals surface area contributed by atoms with Crippen molar-refractivity contribution in [2.45, 2.75) is 39.2 Å². The zero-order chi connectivity index (χ0) is 13.4. The predicted molar refractivity (Wildman–Crippen MR) is 76.6 cm³/mol. The minimum atomic E-state index is -0.0811. The summed E-state index contributed by atoms with van der Waals surface area (Å²) in [4.78, 5) is 12.3. The second-order valence-electron chi connectivity index (χ2n) is 5.99. The fourth-order valence-corrected chi connectivity index (χ4v) is 2.59. The fourth-order valence-electron chi connectivity index (χ4n) is 2.40. The molecule has 0 bridgehead atoms. The monoisotopic (exact) mass is 281 g/mol. The first kappa shape index (κ1) is 13.0. The van der Waals surface area contributed by atoms with Crippen LogP contribution in [0.5, 0.6) is 0 Å². The lowest BCUT2D eigenvalue weighted by Crippen LogP contribution is -2.28. The number of anilines is 1. The van der Waals surface area contributed by atoms with Crippen LogP contribution in [-0.4, -0.2) is 16.3 Å². The molecule has 1 N–H and O–H groups in total. The number of aromatic nitrogens is 2. The third kappa shape index (κ3) is 3.11. The third-order valence-electron chi connectivity index (χ3n) is 4.15. The van der Waals surface area contributed by atoms with Crippen LogP contribution in [0.2, 0.25) is 5.02 Å². The molecule has 0 aliphatic heterocycles. The Balaban J connectivity index is 1.72. The van der Waals surface area contributed by atoms with Crippen LogP contribution in [0.4, 0.5) is 5.69 Å². The van der Waals surface area contributed by atoms with Crippen LogP contribution in [0.1, 0.15) is 32.6 Å². The van der Waals surface area contributed by atoms with Crippen molar-refractivity contribution in [2.75, 3.05) is 11.9 Å². The maximum Gasteiger partial charge on any atom is 0.291 e. The van der Waals surface area contributed by atoms with Crippen molar-refractivity contribution in [3.05, 3.63) is 21.6 Å². The molecule has 2 fully saturated rings. The highest BCUT2D eigenvalue weighted by Crippen LogP contribution is 2.36. The van der Waals surface area contributed by atoms with Gasteiger partial charge in [0.2, 0.25) is 0 Å². The molecule has 1 atom stereocenters. The predicted octanol–water partition coefficient (Wildman–Crippen LogP) is 2.76. The molecule has 5 heteroatoms. The van der Waals surface area contributed by atoms with E-state index in [0.717, 1.165) is 19.0 Å². The fraction of sp³-hybridized carbons (Fsp3) is 0.714. The van der Waals surface area contributed by atoms with Gasteiger partial charge in [-0.1, -0.05) is 18.5 Å². The summed E-state index contributed by atoms with van der Waals surface area (Å²) >= 11 is 6.09. The van der Waals surface area contributed by atoms with Gasteiger partial charge in [-0.3, -0.25) is 4.79 Å². The van der Waals surface area contributed by atoms with Gasteiger partial charge in [-0.15, -0.1) is 0 Å². The molecule has 0 spiro atoms. The number of nitrogens with one attached hydrogen (secondary N) is 1. The second kappa shape index (κ2) is 5.16. The SMILES string of the molecule is CC(CNc1c(Cl)cnn(CC2CC2)c1=O)C1CC1. The first-order chi connectivity index (χ1) is 9.15. The summed E-state index contributed by atoms with van der Waals surface area (Å²) in [7, 11) is 0. The summed E-state index contributed by atoms with van der Waals surface area (Å²) in [6.07, 6.45) is 6.63.